The van der Waals surface area contributed by atoms with Crippen molar-refractivity contribution in [2.24, 2.45) is 0 Å². The Labute approximate surface area is 198 Å². The number of rotatable bonds is 7. The minimum absolute atomic E-state index is 0.332. The second-order valence-electron chi connectivity index (χ2n) is 7.19. The Morgan fingerprint density at radius 1 is 0.844 bits per heavy atom. The quantitative estimate of drug-likeness (QED) is 0.293. The van der Waals surface area contributed by atoms with Crippen LogP contribution < -0.4 is 0 Å². The fourth-order valence-electron chi connectivity index (χ4n) is 3.43. The average Bonchev–Trinajstić information content (AvgIpc) is 2.82. The van der Waals surface area contributed by atoms with Crippen LogP contribution in [0, 0.1) is 0 Å². The number of hydrogen-bond acceptors (Lipinski definition) is 3. The lowest BCUT2D eigenvalue weighted by Gasteiger charge is -2.35. The van der Waals surface area contributed by atoms with Gasteiger partial charge in [0.25, 0.3) is 0 Å². The monoisotopic (exact) mass is 467 g/mol. The molecule has 0 aromatic heterocycles. The van der Waals surface area contributed by atoms with Gasteiger partial charge in [0.1, 0.15) is 0 Å². The number of carbonyl (C=O) groups excluding carboxylic acids is 2. The fraction of sp³-hybridized carbons (Fsp3) is 0.154. The highest BCUT2D eigenvalue weighted by Crippen LogP contribution is 2.33. The van der Waals surface area contributed by atoms with Crippen molar-refractivity contribution in [1.29, 1.82) is 0 Å². The molecule has 0 bridgehead atoms. The first-order valence-electron chi connectivity index (χ1n) is 10.0. The predicted molar refractivity (Wildman–Crippen MR) is 128 cm³/mol. The van der Waals surface area contributed by atoms with E-state index in [1.165, 1.54) is 18.1 Å². The van der Waals surface area contributed by atoms with Crippen LogP contribution in [0.4, 0.5) is 0 Å². The van der Waals surface area contributed by atoms with Crippen molar-refractivity contribution in [3.05, 3.63) is 112 Å². The van der Waals surface area contributed by atoms with Gasteiger partial charge in [-0.25, -0.2) is 4.79 Å². The molecule has 3 aromatic carbocycles. The van der Waals surface area contributed by atoms with Crippen LogP contribution in [0.3, 0.4) is 0 Å². The van der Waals surface area contributed by atoms with E-state index in [0.29, 0.717) is 15.6 Å². The highest BCUT2D eigenvalue weighted by molar-refractivity contribution is 6.30. The van der Waals surface area contributed by atoms with Crippen LogP contribution >= 0.6 is 23.2 Å². The summed E-state index contributed by atoms with van der Waals surface area (Å²) in [4.78, 5) is 27.9. The Bertz CT molecular complexity index is 1080. The van der Waals surface area contributed by atoms with Crippen molar-refractivity contribution in [2.45, 2.75) is 19.0 Å². The molecule has 164 valence electrons. The van der Waals surface area contributed by atoms with Crippen LogP contribution in [0.1, 0.15) is 35.7 Å². The molecular weight excluding hydrogens is 445 g/mol. The third-order valence-corrected chi connectivity index (χ3v) is 5.63. The molecule has 32 heavy (non-hydrogen) atoms. The Balaban J connectivity index is 2.06. The molecule has 3 rings (SSSR count). The Kier molecular flexibility index (Phi) is 8.09. The molecule has 2 atom stereocenters. The van der Waals surface area contributed by atoms with E-state index in [1.54, 1.807) is 42.5 Å². The van der Waals surface area contributed by atoms with E-state index < -0.39 is 18.1 Å². The molecule has 0 saturated heterocycles. The highest BCUT2D eigenvalue weighted by atomic mass is 35.5. The number of esters is 1. The van der Waals surface area contributed by atoms with Crippen LogP contribution in [0.2, 0.25) is 10.0 Å². The van der Waals surface area contributed by atoms with E-state index in [1.807, 2.05) is 49.4 Å². The Morgan fingerprint density at radius 3 is 1.91 bits per heavy atom. The highest BCUT2D eigenvalue weighted by Gasteiger charge is 2.35. The zero-order valence-electron chi connectivity index (χ0n) is 17.7. The van der Waals surface area contributed by atoms with Gasteiger partial charge >= 0.3 is 5.97 Å². The molecule has 0 radical (unpaired) electrons. The van der Waals surface area contributed by atoms with Crippen molar-refractivity contribution in [1.82, 2.24) is 4.90 Å². The standard InChI is InChI=1S/C26H23Cl2NO3/c1-18(20-9-13-22(27)14-10-20)29(24(30)17-8-19-6-4-3-5-7-19)25(26(31)32-2)21-11-15-23(28)16-12-21/h3-18,25H,1-2H3/t18-,25?/m1/s1. The maximum Gasteiger partial charge on any atom is 0.333 e. The molecule has 1 unspecified atom stereocenters. The molecule has 0 aliphatic carbocycles. The second kappa shape index (κ2) is 11.0. The summed E-state index contributed by atoms with van der Waals surface area (Å²) in [6, 6.07) is 22.1. The summed E-state index contributed by atoms with van der Waals surface area (Å²) in [6.07, 6.45) is 3.19. The van der Waals surface area contributed by atoms with Crippen molar-refractivity contribution < 1.29 is 14.3 Å². The van der Waals surface area contributed by atoms with Crippen molar-refractivity contribution in [2.75, 3.05) is 7.11 Å². The minimum atomic E-state index is -0.962. The maximum absolute atomic E-state index is 13.5. The third-order valence-electron chi connectivity index (χ3n) is 5.13. The molecule has 6 heteroatoms. The van der Waals surface area contributed by atoms with Gasteiger partial charge in [-0.05, 0) is 54.0 Å². The lowest BCUT2D eigenvalue weighted by molar-refractivity contribution is -0.153. The number of ether oxygens (including phenoxy) is 1. The molecule has 3 aromatic rings. The van der Waals surface area contributed by atoms with Gasteiger partial charge in [0.2, 0.25) is 5.91 Å². The van der Waals surface area contributed by atoms with Gasteiger partial charge in [0.05, 0.1) is 13.2 Å². The summed E-state index contributed by atoms with van der Waals surface area (Å²) in [7, 11) is 1.31. The summed E-state index contributed by atoms with van der Waals surface area (Å²) in [5.74, 6) is -0.878. The van der Waals surface area contributed by atoms with Gasteiger partial charge < -0.3 is 9.64 Å². The second-order valence-corrected chi connectivity index (χ2v) is 8.07. The number of carbonyl (C=O) groups is 2. The van der Waals surface area contributed by atoms with E-state index in [0.717, 1.165) is 11.1 Å². The number of methoxy groups -OCH3 is 1. The van der Waals surface area contributed by atoms with E-state index >= 15 is 0 Å². The van der Waals surface area contributed by atoms with E-state index in [9.17, 15) is 9.59 Å². The first-order valence-corrected chi connectivity index (χ1v) is 10.8. The normalized spacial score (nSPS) is 12.9. The van der Waals surface area contributed by atoms with Crippen molar-refractivity contribution in [3.63, 3.8) is 0 Å². The summed E-state index contributed by atoms with van der Waals surface area (Å²) < 4.78 is 5.09. The molecule has 0 heterocycles. The van der Waals surface area contributed by atoms with Gasteiger partial charge in [-0.15, -0.1) is 0 Å². The predicted octanol–water partition coefficient (Wildman–Crippen LogP) is 6.51. The maximum atomic E-state index is 13.5. The van der Waals surface area contributed by atoms with Crippen LogP contribution in [0.25, 0.3) is 6.08 Å². The first-order chi connectivity index (χ1) is 15.4. The largest absolute Gasteiger partial charge is 0.467 e. The summed E-state index contributed by atoms with van der Waals surface area (Å²) >= 11 is 12.1. The lowest BCUT2D eigenvalue weighted by atomic mass is 9.99. The lowest BCUT2D eigenvalue weighted by Crippen LogP contribution is -2.40. The molecule has 0 aliphatic rings. The summed E-state index contributed by atoms with van der Waals surface area (Å²) in [5.41, 5.74) is 2.31. The van der Waals surface area contributed by atoms with Crippen LogP contribution in [-0.4, -0.2) is 23.9 Å². The minimum Gasteiger partial charge on any atom is -0.467 e. The van der Waals surface area contributed by atoms with E-state index in [4.69, 9.17) is 27.9 Å². The molecule has 0 N–H and O–H groups in total. The molecule has 0 aliphatic heterocycles. The number of hydrogen-bond donors (Lipinski definition) is 0. The SMILES string of the molecule is COC(=O)C(c1ccc(Cl)cc1)N(C(=O)C=Cc1ccccc1)[C@H](C)c1ccc(Cl)cc1. The smallest absolute Gasteiger partial charge is 0.333 e. The number of nitrogens with zero attached hydrogens (tertiary/aromatic N) is 1. The van der Waals surface area contributed by atoms with Gasteiger partial charge in [-0.1, -0.05) is 77.8 Å². The molecule has 0 saturated carbocycles. The van der Waals surface area contributed by atoms with Gasteiger partial charge in [-0.3, -0.25) is 4.79 Å². The summed E-state index contributed by atoms with van der Waals surface area (Å²) in [5, 5.41) is 1.12. The number of halogens is 2. The fourth-order valence-corrected chi connectivity index (χ4v) is 3.68. The Morgan fingerprint density at radius 2 is 1.38 bits per heavy atom. The van der Waals surface area contributed by atoms with Gasteiger partial charge in [0.15, 0.2) is 6.04 Å². The number of amides is 1. The molecule has 4 nitrogen and oxygen atoms in total. The van der Waals surface area contributed by atoms with E-state index in [2.05, 4.69) is 0 Å². The molecular formula is C26H23Cl2NO3. The third kappa shape index (κ3) is 5.78. The first kappa shape index (κ1) is 23.6. The average molecular weight is 468 g/mol. The van der Waals surface area contributed by atoms with Crippen LogP contribution in [-0.2, 0) is 14.3 Å². The number of benzene rings is 3. The van der Waals surface area contributed by atoms with Gasteiger partial charge in [-0.2, -0.15) is 0 Å². The zero-order valence-corrected chi connectivity index (χ0v) is 19.3. The van der Waals surface area contributed by atoms with Crippen molar-refractivity contribution in [3.8, 4) is 0 Å². The summed E-state index contributed by atoms with van der Waals surface area (Å²) in [6.45, 7) is 1.86. The van der Waals surface area contributed by atoms with E-state index in [-0.39, 0.29) is 5.91 Å². The van der Waals surface area contributed by atoms with Gasteiger partial charge in [0, 0.05) is 16.1 Å². The molecule has 0 fully saturated rings. The molecule has 1 amide bonds. The zero-order chi connectivity index (χ0) is 23.1. The van der Waals surface area contributed by atoms with Crippen LogP contribution in [0.15, 0.2) is 84.9 Å². The van der Waals surface area contributed by atoms with Crippen LogP contribution in [0.5, 0.6) is 0 Å². The molecule has 0 spiro atoms. The topological polar surface area (TPSA) is 46.6 Å². The Hall–Kier alpha value is -3.08. The van der Waals surface area contributed by atoms with Crippen molar-refractivity contribution >= 4 is 41.2 Å².